The lowest BCUT2D eigenvalue weighted by atomic mass is 10.1. The normalized spacial score (nSPS) is 13.3. The van der Waals surface area contributed by atoms with Gasteiger partial charge in [0.05, 0.1) is 10.7 Å². The number of halogens is 2. The van der Waals surface area contributed by atoms with E-state index in [9.17, 15) is 4.39 Å². The lowest BCUT2D eigenvalue weighted by molar-refractivity contribution is 0.628. The van der Waals surface area contributed by atoms with Crippen LogP contribution in [0.2, 0.25) is 5.02 Å². The highest BCUT2D eigenvalue weighted by Gasteiger charge is 2.20. The molecule has 1 N–H and O–H groups in total. The molecule has 21 heavy (non-hydrogen) atoms. The molecular formula is C15H15ClFN3S. The highest BCUT2D eigenvalue weighted by atomic mass is 35.5. The molecule has 0 unspecified atom stereocenters. The molecule has 0 atom stereocenters. The standard InChI is InChI=1S/C15H15ClFN3S/c1-2-5-18-15-10-7-21-8-13(10)19-14(20-15)9-3-4-11(16)12(17)6-9/h3-4,6H,2,5,7-8H2,1H3,(H,18,19,20). The lowest BCUT2D eigenvalue weighted by Gasteiger charge is -2.11. The van der Waals surface area contributed by atoms with E-state index in [0.717, 1.165) is 36.0 Å². The Hall–Kier alpha value is -1.33. The van der Waals surface area contributed by atoms with E-state index in [-0.39, 0.29) is 5.02 Å². The molecule has 0 saturated carbocycles. The van der Waals surface area contributed by atoms with Crippen LogP contribution >= 0.6 is 23.4 Å². The van der Waals surface area contributed by atoms with Gasteiger partial charge in [-0.25, -0.2) is 14.4 Å². The fourth-order valence-corrected chi connectivity index (χ4v) is 3.36. The van der Waals surface area contributed by atoms with Crippen LogP contribution in [0.1, 0.15) is 24.6 Å². The molecule has 3 nitrogen and oxygen atoms in total. The molecule has 0 spiro atoms. The molecule has 2 heterocycles. The van der Waals surface area contributed by atoms with Crippen molar-refractivity contribution in [2.24, 2.45) is 0 Å². The average Bonchev–Trinajstić information content (AvgIpc) is 2.96. The molecule has 0 amide bonds. The summed E-state index contributed by atoms with van der Waals surface area (Å²) < 4.78 is 13.6. The molecule has 0 aliphatic carbocycles. The maximum Gasteiger partial charge on any atom is 0.161 e. The number of nitrogens with one attached hydrogen (secondary N) is 1. The molecule has 110 valence electrons. The summed E-state index contributed by atoms with van der Waals surface area (Å²) in [6.07, 6.45) is 1.02. The summed E-state index contributed by atoms with van der Waals surface area (Å²) in [6, 6.07) is 4.67. The molecule has 0 radical (unpaired) electrons. The molecule has 0 saturated heterocycles. The van der Waals surface area contributed by atoms with E-state index in [1.54, 1.807) is 6.07 Å². The van der Waals surface area contributed by atoms with Gasteiger partial charge in [-0.3, -0.25) is 0 Å². The topological polar surface area (TPSA) is 37.8 Å². The van der Waals surface area contributed by atoms with Gasteiger partial charge >= 0.3 is 0 Å². The largest absolute Gasteiger partial charge is 0.370 e. The minimum absolute atomic E-state index is 0.111. The number of aromatic nitrogens is 2. The zero-order valence-electron chi connectivity index (χ0n) is 11.6. The van der Waals surface area contributed by atoms with Crippen LogP contribution < -0.4 is 5.32 Å². The maximum atomic E-state index is 13.6. The van der Waals surface area contributed by atoms with E-state index in [2.05, 4.69) is 22.2 Å². The van der Waals surface area contributed by atoms with E-state index >= 15 is 0 Å². The van der Waals surface area contributed by atoms with Gasteiger partial charge in [-0.05, 0) is 24.6 Å². The zero-order valence-corrected chi connectivity index (χ0v) is 13.2. The van der Waals surface area contributed by atoms with Crippen LogP contribution in [0.3, 0.4) is 0 Å². The van der Waals surface area contributed by atoms with Crippen molar-refractivity contribution < 1.29 is 4.39 Å². The summed E-state index contributed by atoms with van der Waals surface area (Å²) in [7, 11) is 0. The summed E-state index contributed by atoms with van der Waals surface area (Å²) in [4.78, 5) is 9.16. The van der Waals surface area contributed by atoms with E-state index in [1.807, 2.05) is 11.8 Å². The fourth-order valence-electron chi connectivity index (χ4n) is 2.21. The first kappa shape index (κ1) is 14.6. The molecular weight excluding hydrogens is 309 g/mol. The number of anilines is 1. The molecule has 3 rings (SSSR count). The zero-order chi connectivity index (χ0) is 14.8. The molecule has 0 fully saturated rings. The Bertz CT molecular complexity index is 678. The van der Waals surface area contributed by atoms with E-state index < -0.39 is 5.82 Å². The van der Waals surface area contributed by atoms with Crippen LogP contribution in [-0.4, -0.2) is 16.5 Å². The van der Waals surface area contributed by atoms with Crippen LogP contribution in [0.5, 0.6) is 0 Å². The van der Waals surface area contributed by atoms with Crippen LogP contribution in [0, 0.1) is 5.82 Å². The third-order valence-corrected chi connectivity index (χ3v) is 4.58. The molecule has 6 heteroatoms. The third-order valence-electron chi connectivity index (χ3n) is 3.30. The summed E-state index contributed by atoms with van der Waals surface area (Å²) >= 11 is 7.55. The average molecular weight is 324 g/mol. The summed E-state index contributed by atoms with van der Waals surface area (Å²) in [5.41, 5.74) is 2.86. The highest BCUT2D eigenvalue weighted by Crippen LogP contribution is 2.34. The second kappa shape index (κ2) is 6.20. The van der Waals surface area contributed by atoms with Gasteiger partial charge in [-0.1, -0.05) is 18.5 Å². The first-order chi connectivity index (χ1) is 10.2. The number of hydrogen-bond donors (Lipinski definition) is 1. The van der Waals surface area contributed by atoms with Gasteiger partial charge in [0.25, 0.3) is 0 Å². The van der Waals surface area contributed by atoms with Crippen molar-refractivity contribution in [2.75, 3.05) is 11.9 Å². The number of benzene rings is 1. The predicted octanol–water partition coefficient (Wildman–Crippen LogP) is 4.50. The number of fused-ring (bicyclic) bond motifs is 1. The van der Waals surface area contributed by atoms with Gasteiger partial charge in [0.15, 0.2) is 5.82 Å². The second-order valence-electron chi connectivity index (χ2n) is 4.87. The van der Waals surface area contributed by atoms with Crippen molar-refractivity contribution in [2.45, 2.75) is 24.9 Å². The Morgan fingerprint density at radius 1 is 1.33 bits per heavy atom. The minimum Gasteiger partial charge on any atom is -0.370 e. The Balaban J connectivity index is 2.04. The van der Waals surface area contributed by atoms with Crippen molar-refractivity contribution in [3.63, 3.8) is 0 Å². The molecule has 1 aliphatic rings. The first-order valence-electron chi connectivity index (χ1n) is 6.86. The van der Waals surface area contributed by atoms with Gasteiger partial charge in [0.2, 0.25) is 0 Å². The van der Waals surface area contributed by atoms with Crippen molar-refractivity contribution >= 4 is 29.2 Å². The van der Waals surface area contributed by atoms with Gasteiger partial charge < -0.3 is 5.32 Å². The van der Waals surface area contributed by atoms with E-state index in [4.69, 9.17) is 11.6 Å². The van der Waals surface area contributed by atoms with E-state index in [1.165, 1.54) is 17.7 Å². The second-order valence-corrected chi connectivity index (χ2v) is 6.26. The molecule has 1 aromatic heterocycles. The highest BCUT2D eigenvalue weighted by molar-refractivity contribution is 7.98. The van der Waals surface area contributed by atoms with Crippen molar-refractivity contribution in [3.05, 3.63) is 40.3 Å². The molecule has 1 aliphatic heterocycles. The third kappa shape index (κ3) is 2.99. The van der Waals surface area contributed by atoms with E-state index in [0.29, 0.717) is 11.4 Å². The maximum absolute atomic E-state index is 13.6. The molecule has 0 bridgehead atoms. The van der Waals surface area contributed by atoms with Gasteiger partial charge in [-0.15, -0.1) is 0 Å². The summed E-state index contributed by atoms with van der Waals surface area (Å²) in [6.45, 7) is 2.97. The monoisotopic (exact) mass is 323 g/mol. The Labute approximate surface area is 132 Å². The smallest absolute Gasteiger partial charge is 0.161 e. The first-order valence-corrected chi connectivity index (χ1v) is 8.39. The fraction of sp³-hybridized carbons (Fsp3) is 0.333. The van der Waals surface area contributed by atoms with Gasteiger partial charge in [0, 0.05) is 29.2 Å². The predicted molar refractivity (Wildman–Crippen MR) is 86.2 cm³/mol. The lowest BCUT2D eigenvalue weighted by Crippen LogP contribution is -2.08. The SMILES string of the molecule is CCCNc1nc(-c2ccc(Cl)c(F)c2)nc2c1CSC2. The van der Waals surface area contributed by atoms with Crippen LogP contribution in [-0.2, 0) is 11.5 Å². The number of nitrogens with zero attached hydrogens (tertiary/aromatic N) is 2. The summed E-state index contributed by atoms with van der Waals surface area (Å²) in [5.74, 6) is 2.77. The van der Waals surface area contributed by atoms with Crippen molar-refractivity contribution in [1.29, 1.82) is 0 Å². The molecule has 1 aromatic carbocycles. The van der Waals surface area contributed by atoms with Gasteiger partial charge in [-0.2, -0.15) is 11.8 Å². The Kier molecular flexibility index (Phi) is 4.31. The quantitative estimate of drug-likeness (QED) is 0.898. The van der Waals surface area contributed by atoms with Crippen molar-refractivity contribution in [3.8, 4) is 11.4 Å². The minimum atomic E-state index is -0.448. The van der Waals surface area contributed by atoms with Crippen LogP contribution in [0.4, 0.5) is 10.2 Å². The Morgan fingerprint density at radius 2 is 2.19 bits per heavy atom. The molecule has 2 aromatic rings. The number of hydrogen-bond acceptors (Lipinski definition) is 4. The van der Waals surface area contributed by atoms with Gasteiger partial charge in [0.1, 0.15) is 11.6 Å². The van der Waals surface area contributed by atoms with Crippen LogP contribution in [0.15, 0.2) is 18.2 Å². The number of rotatable bonds is 4. The number of thioether (sulfide) groups is 1. The Morgan fingerprint density at radius 3 is 2.95 bits per heavy atom. The van der Waals surface area contributed by atoms with Crippen molar-refractivity contribution in [1.82, 2.24) is 9.97 Å². The van der Waals surface area contributed by atoms with Crippen LogP contribution in [0.25, 0.3) is 11.4 Å². The summed E-state index contributed by atoms with van der Waals surface area (Å²) in [5, 5.41) is 3.46.